The average Bonchev–Trinajstić information content (AvgIpc) is 2.62. The summed E-state index contributed by atoms with van der Waals surface area (Å²) < 4.78 is 24.9. The van der Waals surface area contributed by atoms with Crippen molar-refractivity contribution in [3.63, 3.8) is 0 Å². The van der Waals surface area contributed by atoms with Gasteiger partial charge < -0.3 is 26.3 Å². The van der Waals surface area contributed by atoms with Crippen molar-refractivity contribution in [1.82, 2.24) is 5.32 Å². The standard InChI is InChI=1S/C18H25FN4O3/c1-11-2-4-13(6-16(11)19)25-9-12-3-5-14(26-10-12)8-23-18(24)15(7-20)17(21)22/h2,4,6-7,12,14H,3,5,8-10,20H2,1H3,(H3,21,22)(H,23,24)/b15-7+. The van der Waals surface area contributed by atoms with Crippen LogP contribution >= 0.6 is 0 Å². The predicted molar refractivity (Wildman–Crippen MR) is 96.3 cm³/mol. The molecule has 1 aliphatic heterocycles. The zero-order valence-corrected chi connectivity index (χ0v) is 14.8. The second kappa shape index (κ2) is 9.19. The zero-order valence-electron chi connectivity index (χ0n) is 14.8. The molecule has 1 fully saturated rings. The van der Waals surface area contributed by atoms with Crippen molar-refractivity contribution in [3.8, 4) is 5.75 Å². The van der Waals surface area contributed by atoms with E-state index in [1.54, 1.807) is 19.1 Å². The van der Waals surface area contributed by atoms with Crippen molar-refractivity contribution in [2.75, 3.05) is 19.8 Å². The summed E-state index contributed by atoms with van der Waals surface area (Å²) >= 11 is 0. The number of carbonyl (C=O) groups excluding carboxylic acids is 1. The SMILES string of the molecule is Cc1ccc(OCC2CCC(CNC(=O)/C(=C/N)C(=N)N)OC2)cc1F. The number of hydrogen-bond donors (Lipinski definition) is 4. The highest BCUT2D eigenvalue weighted by Crippen LogP contribution is 2.21. The van der Waals surface area contributed by atoms with Crippen LogP contribution in [0.5, 0.6) is 5.75 Å². The van der Waals surface area contributed by atoms with Gasteiger partial charge in [-0.25, -0.2) is 4.39 Å². The van der Waals surface area contributed by atoms with Crippen molar-refractivity contribution in [1.29, 1.82) is 5.41 Å². The summed E-state index contributed by atoms with van der Waals surface area (Å²) in [5, 5.41) is 9.94. The molecule has 2 atom stereocenters. The molecule has 1 saturated heterocycles. The maximum atomic E-state index is 13.5. The summed E-state index contributed by atoms with van der Waals surface area (Å²) in [6, 6.07) is 4.82. The van der Waals surface area contributed by atoms with Gasteiger partial charge in [0.25, 0.3) is 5.91 Å². The Morgan fingerprint density at radius 2 is 2.27 bits per heavy atom. The van der Waals surface area contributed by atoms with Crippen LogP contribution < -0.4 is 21.5 Å². The Morgan fingerprint density at radius 1 is 1.50 bits per heavy atom. The normalized spacial score (nSPS) is 20.5. The second-order valence-corrected chi connectivity index (χ2v) is 6.32. The van der Waals surface area contributed by atoms with Crippen LogP contribution in [0.1, 0.15) is 18.4 Å². The first-order valence-electron chi connectivity index (χ1n) is 8.45. The summed E-state index contributed by atoms with van der Waals surface area (Å²) in [4.78, 5) is 11.8. The number of rotatable bonds is 7. The van der Waals surface area contributed by atoms with Gasteiger partial charge in [-0.2, -0.15) is 0 Å². The lowest BCUT2D eigenvalue weighted by atomic mass is 9.99. The molecule has 2 rings (SSSR count). The number of carbonyl (C=O) groups is 1. The third-order valence-electron chi connectivity index (χ3n) is 4.29. The van der Waals surface area contributed by atoms with Gasteiger partial charge in [-0.1, -0.05) is 6.07 Å². The number of nitrogens with one attached hydrogen (secondary N) is 2. The quantitative estimate of drug-likeness (QED) is 0.329. The summed E-state index contributed by atoms with van der Waals surface area (Å²) in [6.07, 6.45) is 2.54. The van der Waals surface area contributed by atoms with Crippen molar-refractivity contribution >= 4 is 11.7 Å². The maximum Gasteiger partial charge on any atom is 0.256 e. The minimum absolute atomic E-state index is 0.0579. The Morgan fingerprint density at radius 3 is 2.85 bits per heavy atom. The van der Waals surface area contributed by atoms with Gasteiger partial charge in [0.2, 0.25) is 0 Å². The van der Waals surface area contributed by atoms with Gasteiger partial charge in [0.05, 0.1) is 24.9 Å². The molecule has 1 aliphatic rings. The lowest BCUT2D eigenvalue weighted by Crippen LogP contribution is -2.40. The molecule has 0 saturated carbocycles. The van der Waals surface area contributed by atoms with Crippen LogP contribution in [-0.2, 0) is 9.53 Å². The van der Waals surface area contributed by atoms with Gasteiger partial charge in [0.1, 0.15) is 17.4 Å². The molecule has 1 aromatic carbocycles. The highest BCUT2D eigenvalue weighted by atomic mass is 19.1. The number of amides is 1. The maximum absolute atomic E-state index is 13.5. The van der Waals surface area contributed by atoms with Crippen LogP contribution in [-0.4, -0.2) is 37.6 Å². The van der Waals surface area contributed by atoms with Crippen molar-refractivity contribution in [3.05, 3.63) is 41.4 Å². The summed E-state index contributed by atoms with van der Waals surface area (Å²) in [7, 11) is 0. The van der Waals surface area contributed by atoms with Gasteiger partial charge >= 0.3 is 0 Å². The Balaban J connectivity index is 1.71. The van der Waals surface area contributed by atoms with E-state index in [-0.39, 0.29) is 29.2 Å². The van der Waals surface area contributed by atoms with E-state index in [0.29, 0.717) is 31.1 Å². The molecule has 1 amide bonds. The Bertz CT molecular complexity index is 685. The molecule has 0 spiro atoms. The minimum atomic E-state index is -0.490. The van der Waals surface area contributed by atoms with Crippen LogP contribution in [0, 0.1) is 24.1 Å². The molecule has 2 unspecified atom stereocenters. The lowest BCUT2D eigenvalue weighted by Gasteiger charge is -2.29. The Hall–Kier alpha value is -2.61. The molecule has 142 valence electrons. The highest BCUT2D eigenvalue weighted by Gasteiger charge is 2.23. The topological polar surface area (TPSA) is 123 Å². The van der Waals surface area contributed by atoms with Crippen LogP contribution in [0.4, 0.5) is 4.39 Å². The van der Waals surface area contributed by atoms with E-state index in [0.717, 1.165) is 19.0 Å². The first kappa shape index (κ1) is 19.7. The molecule has 0 aromatic heterocycles. The number of benzene rings is 1. The zero-order chi connectivity index (χ0) is 19.1. The lowest BCUT2D eigenvalue weighted by molar-refractivity contribution is -0.118. The number of halogens is 1. The molecule has 26 heavy (non-hydrogen) atoms. The van der Waals surface area contributed by atoms with Gasteiger partial charge in [-0.15, -0.1) is 0 Å². The predicted octanol–water partition coefficient (Wildman–Crippen LogP) is 1.20. The second-order valence-electron chi connectivity index (χ2n) is 6.32. The summed E-state index contributed by atoms with van der Waals surface area (Å²) in [6.45, 7) is 2.98. The molecule has 8 heteroatoms. The molecule has 1 heterocycles. The molecule has 0 radical (unpaired) electrons. The number of aryl methyl sites for hydroxylation is 1. The fraction of sp³-hybridized carbons (Fsp3) is 0.444. The van der Waals surface area contributed by atoms with Crippen molar-refractivity contribution in [2.24, 2.45) is 17.4 Å². The van der Waals surface area contributed by atoms with E-state index >= 15 is 0 Å². The minimum Gasteiger partial charge on any atom is -0.493 e. The van der Waals surface area contributed by atoms with Crippen molar-refractivity contribution < 1.29 is 18.7 Å². The van der Waals surface area contributed by atoms with E-state index < -0.39 is 5.91 Å². The van der Waals surface area contributed by atoms with Crippen molar-refractivity contribution in [2.45, 2.75) is 25.9 Å². The molecule has 6 N–H and O–H groups in total. The molecule has 1 aromatic rings. The van der Waals surface area contributed by atoms with Crippen LogP contribution in [0.3, 0.4) is 0 Å². The first-order chi connectivity index (χ1) is 12.4. The van der Waals surface area contributed by atoms with E-state index in [4.69, 9.17) is 26.4 Å². The first-order valence-corrected chi connectivity index (χ1v) is 8.45. The molecule has 0 bridgehead atoms. The van der Waals surface area contributed by atoms with Crippen LogP contribution in [0.25, 0.3) is 0 Å². The van der Waals surface area contributed by atoms with E-state index in [1.165, 1.54) is 6.07 Å². The number of hydrogen-bond acceptors (Lipinski definition) is 5. The summed E-state index contributed by atoms with van der Waals surface area (Å²) in [5.41, 5.74) is 11.1. The smallest absolute Gasteiger partial charge is 0.256 e. The van der Waals surface area contributed by atoms with Gasteiger partial charge in [0.15, 0.2) is 0 Å². The third kappa shape index (κ3) is 5.45. The van der Waals surface area contributed by atoms with E-state index in [9.17, 15) is 9.18 Å². The highest BCUT2D eigenvalue weighted by molar-refractivity contribution is 6.18. The Labute approximate surface area is 152 Å². The van der Waals surface area contributed by atoms with Crippen LogP contribution in [0.2, 0.25) is 0 Å². The molecular formula is C18H25FN4O3. The Kier molecular flexibility index (Phi) is 6.97. The third-order valence-corrected chi connectivity index (χ3v) is 4.29. The number of nitrogens with two attached hydrogens (primary N) is 2. The summed E-state index contributed by atoms with van der Waals surface area (Å²) in [5.74, 6) is -0.430. The largest absolute Gasteiger partial charge is 0.493 e. The fourth-order valence-electron chi connectivity index (χ4n) is 2.62. The van der Waals surface area contributed by atoms with Gasteiger partial charge in [-0.05, 0) is 31.4 Å². The number of amidine groups is 1. The van der Waals surface area contributed by atoms with E-state index in [1.807, 2.05) is 0 Å². The van der Waals surface area contributed by atoms with E-state index in [2.05, 4.69) is 5.32 Å². The molecular weight excluding hydrogens is 339 g/mol. The van der Waals surface area contributed by atoms with Crippen LogP contribution in [0.15, 0.2) is 30.0 Å². The molecule has 0 aliphatic carbocycles. The average molecular weight is 364 g/mol. The number of ether oxygens (including phenoxy) is 2. The molecule has 7 nitrogen and oxygen atoms in total. The monoisotopic (exact) mass is 364 g/mol. The van der Waals surface area contributed by atoms with Gasteiger partial charge in [-0.3, -0.25) is 10.2 Å². The van der Waals surface area contributed by atoms with Gasteiger partial charge in [0, 0.05) is 24.7 Å². The fourth-order valence-corrected chi connectivity index (χ4v) is 2.62.